The van der Waals surface area contributed by atoms with Crippen LogP contribution in [0.4, 0.5) is 0 Å². The molecule has 0 heterocycles. The van der Waals surface area contributed by atoms with Crippen molar-refractivity contribution in [2.75, 3.05) is 0 Å². The molecule has 0 amide bonds. The van der Waals surface area contributed by atoms with Gasteiger partial charge in [-0.15, -0.1) is 0 Å². The summed E-state index contributed by atoms with van der Waals surface area (Å²) in [5.74, 6) is 0. The van der Waals surface area contributed by atoms with Crippen molar-refractivity contribution < 1.29 is 4.79 Å². The topological polar surface area (TPSA) is 17.1 Å². The van der Waals surface area contributed by atoms with Crippen LogP contribution in [0.3, 0.4) is 0 Å². The Hall–Kier alpha value is -0.330. The maximum absolute atomic E-state index is 11.0. The van der Waals surface area contributed by atoms with E-state index in [9.17, 15) is 4.79 Å². The van der Waals surface area contributed by atoms with Crippen molar-refractivity contribution >= 4 is 6.29 Å². The van der Waals surface area contributed by atoms with E-state index in [1.165, 1.54) is 38.5 Å². The first-order valence-electron chi connectivity index (χ1n) is 5.72. The summed E-state index contributed by atoms with van der Waals surface area (Å²) in [7, 11) is 0. The summed E-state index contributed by atoms with van der Waals surface area (Å²) in [4.78, 5) is 11.0. The van der Waals surface area contributed by atoms with E-state index in [0.717, 1.165) is 19.3 Å². The summed E-state index contributed by atoms with van der Waals surface area (Å²) in [5, 5.41) is 0. The van der Waals surface area contributed by atoms with E-state index in [4.69, 9.17) is 0 Å². The van der Waals surface area contributed by atoms with E-state index in [0.29, 0.717) is 0 Å². The van der Waals surface area contributed by atoms with Crippen molar-refractivity contribution in [2.45, 2.75) is 64.7 Å². The van der Waals surface area contributed by atoms with Gasteiger partial charge in [0.05, 0.1) is 0 Å². The van der Waals surface area contributed by atoms with E-state index in [-0.39, 0.29) is 5.41 Å². The van der Waals surface area contributed by atoms with Gasteiger partial charge in [-0.1, -0.05) is 45.4 Å². The smallest absolute Gasteiger partial charge is 0.205 e. The molecule has 1 rings (SSSR count). The van der Waals surface area contributed by atoms with Crippen molar-refractivity contribution in [3.63, 3.8) is 0 Å². The van der Waals surface area contributed by atoms with Crippen LogP contribution in [-0.2, 0) is 4.79 Å². The Kier molecular flexibility index (Phi) is 4.47. The Morgan fingerprint density at radius 2 is 1.77 bits per heavy atom. The Morgan fingerprint density at radius 1 is 1.15 bits per heavy atom. The van der Waals surface area contributed by atoms with E-state index in [1.54, 1.807) is 0 Å². The number of rotatable bonds is 4. The van der Waals surface area contributed by atoms with E-state index in [1.807, 2.05) is 0 Å². The minimum absolute atomic E-state index is 0.0491. The van der Waals surface area contributed by atoms with Crippen LogP contribution in [0.15, 0.2) is 0 Å². The lowest BCUT2D eigenvalue weighted by Gasteiger charge is -2.24. The third-order valence-corrected chi connectivity index (χ3v) is 3.29. The van der Waals surface area contributed by atoms with Crippen LogP contribution in [0.25, 0.3) is 0 Å². The highest BCUT2D eigenvalue weighted by atomic mass is 16.1. The molecule has 1 nitrogen and oxygen atoms in total. The number of unbranched alkanes of at least 4 members (excludes halogenated alkanes) is 1. The molecule has 1 aliphatic carbocycles. The molecular weight excluding hydrogens is 160 g/mol. The molecule has 0 atom stereocenters. The van der Waals surface area contributed by atoms with Crippen LogP contribution in [0.1, 0.15) is 64.7 Å². The zero-order chi connectivity index (χ0) is 9.57. The monoisotopic (exact) mass is 181 g/mol. The van der Waals surface area contributed by atoms with Gasteiger partial charge in [-0.05, 0) is 19.3 Å². The first kappa shape index (κ1) is 10.7. The van der Waals surface area contributed by atoms with Gasteiger partial charge < -0.3 is 0 Å². The summed E-state index contributed by atoms with van der Waals surface area (Å²) in [6.45, 7) is 2.19. The highest BCUT2D eigenvalue weighted by Gasteiger charge is 2.30. The molecule has 0 spiro atoms. The third-order valence-electron chi connectivity index (χ3n) is 3.29. The second kappa shape index (κ2) is 5.41. The van der Waals surface area contributed by atoms with Crippen molar-refractivity contribution in [1.82, 2.24) is 0 Å². The summed E-state index contributed by atoms with van der Waals surface area (Å²) < 4.78 is 0. The molecule has 0 bridgehead atoms. The van der Waals surface area contributed by atoms with Crippen molar-refractivity contribution in [2.24, 2.45) is 5.41 Å². The minimum atomic E-state index is -0.0491. The van der Waals surface area contributed by atoms with Gasteiger partial charge in [-0.25, -0.2) is 0 Å². The predicted molar refractivity (Wildman–Crippen MR) is 55.4 cm³/mol. The van der Waals surface area contributed by atoms with E-state index in [2.05, 4.69) is 13.2 Å². The third kappa shape index (κ3) is 3.13. The number of carbonyl (C=O) groups excluding carboxylic acids is 1. The zero-order valence-corrected chi connectivity index (χ0v) is 8.77. The normalized spacial score (nSPS) is 22.2. The average Bonchev–Trinajstić information content (AvgIpc) is 2.41. The second-order valence-electron chi connectivity index (χ2n) is 4.40. The summed E-state index contributed by atoms with van der Waals surface area (Å²) in [5.41, 5.74) is -0.0491. The van der Waals surface area contributed by atoms with Crippen molar-refractivity contribution in [1.29, 1.82) is 0 Å². The van der Waals surface area contributed by atoms with Gasteiger partial charge in [0.2, 0.25) is 6.29 Å². The van der Waals surface area contributed by atoms with Gasteiger partial charge in [0.1, 0.15) is 0 Å². The average molecular weight is 181 g/mol. The SMILES string of the molecule is CCCCC1([C]=O)CCCCCC1. The summed E-state index contributed by atoms with van der Waals surface area (Å²) in [6, 6.07) is 0. The molecule has 0 saturated heterocycles. The molecular formula is C12H21O. The fourth-order valence-electron chi connectivity index (χ4n) is 2.32. The summed E-state index contributed by atoms with van der Waals surface area (Å²) >= 11 is 0. The molecule has 1 saturated carbocycles. The maximum atomic E-state index is 11.0. The Morgan fingerprint density at radius 3 is 2.23 bits per heavy atom. The molecule has 13 heavy (non-hydrogen) atoms. The maximum Gasteiger partial charge on any atom is 0.205 e. The lowest BCUT2D eigenvalue weighted by atomic mass is 9.78. The zero-order valence-electron chi connectivity index (χ0n) is 8.77. The standard InChI is InChI=1S/C12H21O/c1-2-3-8-12(11-13)9-6-4-5-7-10-12/h2-10H2,1H3. The Labute approximate surface area is 81.9 Å². The van der Waals surface area contributed by atoms with Crippen LogP contribution < -0.4 is 0 Å². The van der Waals surface area contributed by atoms with Gasteiger partial charge >= 0.3 is 0 Å². The minimum Gasteiger partial charge on any atom is -0.290 e. The highest BCUT2D eigenvalue weighted by molar-refractivity contribution is 5.60. The van der Waals surface area contributed by atoms with Crippen LogP contribution >= 0.6 is 0 Å². The molecule has 0 aliphatic heterocycles. The predicted octanol–water partition coefficient (Wildman–Crippen LogP) is 3.63. The molecule has 1 fully saturated rings. The molecule has 0 N–H and O–H groups in total. The van der Waals surface area contributed by atoms with Gasteiger partial charge in [0.25, 0.3) is 0 Å². The second-order valence-corrected chi connectivity index (χ2v) is 4.40. The Balaban J connectivity index is 2.48. The first-order chi connectivity index (χ1) is 6.33. The first-order valence-corrected chi connectivity index (χ1v) is 5.72. The lowest BCUT2D eigenvalue weighted by molar-refractivity contribution is 0.307. The van der Waals surface area contributed by atoms with Gasteiger partial charge in [-0.2, -0.15) is 0 Å². The highest BCUT2D eigenvalue weighted by Crippen LogP contribution is 2.37. The summed E-state index contributed by atoms with van der Waals surface area (Å²) in [6.07, 6.45) is 13.1. The van der Waals surface area contributed by atoms with E-state index < -0.39 is 0 Å². The van der Waals surface area contributed by atoms with E-state index >= 15 is 0 Å². The molecule has 75 valence electrons. The van der Waals surface area contributed by atoms with Gasteiger partial charge in [0.15, 0.2) is 0 Å². The van der Waals surface area contributed by atoms with Crippen LogP contribution in [0.5, 0.6) is 0 Å². The van der Waals surface area contributed by atoms with Gasteiger partial charge in [0, 0.05) is 5.41 Å². The van der Waals surface area contributed by atoms with Crippen LogP contribution in [0, 0.1) is 5.41 Å². The van der Waals surface area contributed by atoms with Crippen molar-refractivity contribution in [3.8, 4) is 0 Å². The molecule has 0 aromatic carbocycles. The number of hydrogen-bond acceptors (Lipinski definition) is 1. The molecule has 0 aromatic rings. The molecule has 1 aliphatic rings. The Bertz CT molecular complexity index is 143. The van der Waals surface area contributed by atoms with Gasteiger partial charge in [-0.3, -0.25) is 4.79 Å². The molecule has 0 unspecified atom stereocenters. The number of hydrogen-bond donors (Lipinski definition) is 0. The lowest BCUT2D eigenvalue weighted by Crippen LogP contribution is -2.21. The van der Waals surface area contributed by atoms with Crippen LogP contribution in [0.2, 0.25) is 0 Å². The fourth-order valence-corrected chi connectivity index (χ4v) is 2.32. The quantitative estimate of drug-likeness (QED) is 0.605. The van der Waals surface area contributed by atoms with Crippen LogP contribution in [-0.4, -0.2) is 6.29 Å². The molecule has 0 aromatic heterocycles. The molecule has 1 radical (unpaired) electrons. The fraction of sp³-hybridized carbons (Fsp3) is 0.917. The van der Waals surface area contributed by atoms with Crippen molar-refractivity contribution in [3.05, 3.63) is 0 Å². The largest absolute Gasteiger partial charge is 0.290 e. The molecule has 1 heteroatoms.